The lowest BCUT2D eigenvalue weighted by atomic mass is 10.1. The van der Waals surface area contributed by atoms with Crippen LogP contribution in [0.4, 0.5) is 5.69 Å². The van der Waals surface area contributed by atoms with Crippen LogP contribution < -0.4 is 9.64 Å². The quantitative estimate of drug-likeness (QED) is 0.470. The number of hydrogen-bond acceptors (Lipinski definition) is 5. The fourth-order valence-electron chi connectivity index (χ4n) is 3.53. The van der Waals surface area contributed by atoms with Crippen molar-refractivity contribution in [1.82, 2.24) is 9.88 Å². The summed E-state index contributed by atoms with van der Waals surface area (Å²) in [7, 11) is 0. The first-order chi connectivity index (χ1) is 15.5. The molecule has 1 fully saturated rings. The lowest BCUT2D eigenvalue weighted by molar-refractivity contribution is -0.140. The van der Waals surface area contributed by atoms with Gasteiger partial charge in [-0.1, -0.05) is 40.2 Å². The Morgan fingerprint density at radius 1 is 1.06 bits per heavy atom. The van der Waals surface area contributed by atoms with Crippen molar-refractivity contribution < 1.29 is 19.1 Å². The molecule has 2 heterocycles. The SMILES string of the molecule is O=C1CC(N(Cc2cccnc2)C(=O)COc2ccccc2)C(=O)N1c1ccc(Br)cc1. The van der Waals surface area contributed by atoms with Crippen LogP contribution in [0, 0.1) is 0 Å². The van der Waals surface area contributed by atoms with Crippen LogP contribution in [0.3, 0.4) is 0 Å². The second-order valence-corrected chi connectivity index (χ2v) is 8.16. The summed E-state index contributed by atoms with van der Waals surface area (Å²) in [5.74, 6) is -0.626. The van der Waals surface area contributed by atoms with E-state index >= 15 is 0 Å². The van der Waals surface area contributed by atoms with Crippen molar-refractivity contribution in [2.45, 2.75) is 19.0 Å². The van der Waals surface area contributed by atoms with Gasteiger partial charge in [-0.2, -0.15) is 0 Å². The summed E-state index contributed by atoms with van der Waals surface area (Å²) in [6.45, 7) is -0.108. The Kier molecular flexibility index (Phi) is 6.61. The maximum absolute atomic E-state index is 13.3. The molecule has 0 spiro atoms. The van der Waals surface area contributed by atoms with Crippen LogP contribution in [-0.2, 0) is 20.9 Å². The zero-order valence-electron chi connectivity index (χ0n) is 17.1. The second-order valence-electron chi connectivity index (χ2n) is 7.25. The Bertz CT molecular complexity index is 1110. The van der Waals surface area contributed by atoms with Crippen molar-refractivity contribution in [3.05, 3.63) is 89.2 Å². The van der Waals surface area contributed by atoms with Crippen LogP contribution >= 0.6 is 15.9 Å². The van der Waals surface area contributed by atoms with Crippen LogP contribution in [0.15, 0.2) is 83.6 Å². The molecule has 3 aromatic rings. The molecule has 0 N–H and O–H groups in total. The predicted molar refractivity (Wildman–Crippen MR) is 122 cm³/mol. The first-order valence-electron chi connectivity index (χ1n) is 10.0. The van der Waals surface area contributed by atoms with E-state index in [1.165, 1.54) is 4.90 Å². The van der Waals surface area contributed by atoms with Gasteiger partial charge < -0.3 is 9.64 Å². The molecule has 0 bridgehead atoms. The minimum atomic E-state index is -0.918. The molecule has 8 heteroatoms. The molecule has 7 nitrogen and oxygen atoms in total. The van der Waals surface area contributed by atoms with Crippen molar-refractivity contribution in [3.8, 4) is 5.75 Å². The number of ether oxygens (including phenoxy) is 1. The lowest BCUT2D eigenvalue weighted by Gasteiger charge is -2.27. The van der Waals surface area contributed by atoms with E-state index in [-0.39, 0.29) is 31.4 Å². The molecule has 1 aromatic heterocycles. The molecule has 1 unspecified atom stereocenters. The Hall–Kier alpha value is -3.52. The summed E-state index contributed by atoms with van der Waals surface area (Å²) in [5, 5.41) is 0. The highest BCUT2D eigenvalue weighted by Crippen LogP contribution is 2.28. The number of aromatic nitrogens is 1. The number of hydrogen-bond donors (Lipinski definition) is 0. The van der Waals surface area contributed by atoms with Crippen LogP contribution in [0.2, 0.25) is 0 Å². The number of para-hydroxylation sites is 1. The van der Waals surface area contributed by atoms with Crippen molar-refractivity contribution in [2.24, 2.45) is 0 Å². The highest BCUT2D eigenvalue weighted by Gasteiger charge is 2.44. The number of halogens is 1. The number of pyridine rings is 1. The van der Waals surface area contributed by atoms with Gasteiger partial charge in [-0.3, -0.25) is 19.4 Å². The van der Waals surface area contributed by atoms with Crippen LogP contribution in [0.5, 0.6) is 5.75 Å². The fraction of sp³-hybridized carbons (Fsp3) is 0.167. The molecular weight excluding hydrogens is 474 g/mol. The highest BCUT2D eigenvalue weighted by atomic mass is 79.9. The summed E-state index contributed by atoms with van der Waals surface area (Å²) < 4.78 is 6.45. The van der Waals surface area contributed by atoms with Gasteiger partial charge in [0.25, 0.3) is 11.8 Å². The zero-order valence-corrected chi connectivity index (χ0v) is 18.6. The van der Waals surface area contributed by atoms with E-state index in [1.807, 2.05) is 24.3 Å². The topological polar surface area (TPSA) is 79.8 Å². The molecule has 32 heavy (non-hydrogen) atoms. The summed E-state index contributed by atoms with van der Waals surface area (Å²) in [4.78, 5) is 45.8. The van der Waals surface area contributed by atoms with E-state index in [4.69, 9.17) is 4.74 Å². The largest absolute Gasteiger partial charge is 0.484 e. The number of nitrogens with zero attached hydrogens (tertiary/aromatic N) is 3. The molecule has 1 atom stereocenters. The number of rotatable bonds is 7. The maximum Gasteiger partial charge on any atom is 0.261 e. The Balaban J connectivity index is 1.57. The number of anilines is 1. The smallest absolute Gasteiger partial charge is 0.261 e. The average Bonchev–Trinajstić information content (AvgIpc) is 3.11. The molecule has 0 saturated carbocycles. The predicted octanol–water partition coefficient (Wildman–Crippen LogP) is 3.58. The van der Waals surface area contributed by atoms with E-state index in [0.717, 1.165) is 14.9 Å². The van der Waals surface area contributed by atoms with E-state index in [9.17, 15) is 14.4 Å². The average molecular weight is 494 g/mol. The van der Waals surface area contributed by atoms with Gasteiger partial charge in [0.2, 0.25) is 5.91 Å². The minimum Gasteiger partial charge on any atom is -0.484 e. The van der Waals surface area contributed by atoms with E-state index < -0.39 is 11.9 Å². The number of carbonyl (C=O) groups excluding carboxylic acids is 3. The summed E-state index contributed by atoms with van der Waals surface area (Å²) in [5.41, 5.74) is 1.22. The molecule has 162 valence electrons. The summed E-state index contributed by atoms with van der Waals surface area (Å²) in [6, 6.07) is 18.5. The first-order valence-corrected chi connectivity index (χ1v) is 10.8. The van der Waals surface area contributed by atoms with Gasteiger partial charge >= 0.3 is 0 Å². The maximum atomic E-state index is 13.3. The zero-order chi connectivity index (χ0) is 22.5. The normalized spacial score (nSPS) is 15.7. The molecule has 0 radical (unpaired) electrons. The van der Waals surface area contributed by atoms with E-state index in [0.29, 0.717) is 11.4 Å². The lowest BCUT2D eigenvalue weighted by Crippen LogP contribution is -2.46. The number of amides is 3. The monoisotopic (exact) mass is 493 g/mol. The third kappa shape index (κ3) is 4.86. The van der Waals surface area contributed by atoms with Gasteiger partial charge in [-0.15, -0.1) is 0 Å². The molecular formula is C24H20BrN3O4. The van der Waals surface area contributed by atoms with Crippen molar-refractivity contribution >= 4 is 39.3 Å². The van der Waals surface area contributed by atoms with Gasteiger partial charge in [-0.05, 0) is 48.0 Å². The molecule has 4 rings (SSSR count). The highest BCUT2D eigenvalue weighted by molar-refractivity contribution is 9.10. The summed E-state index contributed by atoms with van der Waals surface area (Å²) >= 11 is 3.35. The van der Waals surface area contributed by atoms with Crippen molar-refractivity contribution in [1.29, 1.82) is 0 Å². The van der Waals surface area contributed by atoms with E-state index in [2.05, 4.69) is 20.9 Å². The summed E-state index contributed by atoms with van der Waals surface area (Å²) in [6.07, 6.45) is 3.17. The first kappa shape index (κ1) is 21.7. The second kappa shape index (κ2) is 9.74. The van der Waals surface area contributed by atoms with Gasteiger partial charge in [0, 0.05) is 23.4 Å². The third-order valence-electron chi connectivity index (χ3n) is 5.09. The van der Waals surface area contributed by atoms with Crippen LogP contribution in [0.1, 0.15) is 12.0 Å². The number of carbonyl (C=O) groups is 3. The van der Waals surface area contributed by atoms with Gasteiger partial charge in [0.15, 0.2) is 6.61 Å². The fourth-order valence-corrected chi connectivity index (χ4v) is 3.79. The molecule has 1 saturated heterocycles. The Morgan fingerprint density at radius 2 is 1.81 bits per heavy atom. The van der Waals surface area contributed by atoms with Crippen molar-refractivity contribution in [3.63, 3.8) is 0 Å². The molecule has 0 aliphatic carbocycles. The third-order valence-corrected chi connectivity index (χ3v) is 5.61. The molecule has 2 aromatic carbocycles. The molecule has 1 aliphatic rings. The van der Waals surface area contributed by atoms with Gasteiger partial charge in [0.1, 0.15) is 11.8 Å². The minimum absolute atomic E-state index is 0.0910. The van der Waals surface area contributed by atoms with Gasteiger partial charge in [0.05, 0.1) is 12.1 Å². The van der Waals surface area contributed by atoms with Crippen LogP contribution in [0.25, 0.3) is 0 Å². The number of benzene rings is 2. The van der Waals surface area contributed by atoms with Crippen LogP contribution in [-0.4, -0.2) is 40.3 Å². The standard InChI is InChI=1S/C24H20BrN3O4/c25-18-8-10-19(11-9-18)28-22(29)13-21(24(28)31)27(15-17-5-4-12-26-14-17)23(30)16-32-20-6-2-1-3-7-20/h1-12,14,21H,13,15-16H2. The van der Waals surface area contributed by atoms with Crippen molar-refractivity contribution in [2.75, 3.05) is 11.5 Å². The van der Waals surface area contributed by atoms with E-state index in [1.54, 1.807) is 54.9 Å². The van der Waals surface area contributed by atoms with Gasteiger partial charge in [-0.25, -0.2) is 4.90 Å². The number of imide groups is 1. The molecule has 3 amide bonds. The molecule has 1 aliphatic heterocycles. The Morgan fingerprint density at radius 3 is 2.50 bits per heavy atom. The Labute approximate surface area is 193 Å².